The van der Waals surface area contributed by atoms with Crippen LogP contribution in [0.3, 0.4) is 0 Å². The molecule has 2 nitrogen and oxygen atoms in total. The van der Waals surface area contributed by atoms with Crippen LogP contribution in [0.2, 0.25) is 0 Å². The van der Waals surface area contributed by atoms with Crippen LogP contribution in [0.15, 0.2) is 22.6 Å². The van der Waals surface area contributed by atoms with Gasteiger partial charge in [0.05, 0.1) is 0 Å². The highest BCUT2D eigenvalue weighted by molar-refractivity contribution is 5.40. The van der Waals surface area contributed by atoms with Crippen molar-refractivity contribution in [2.75, 3.05) is 0 Å². The van der Waals surface area contributed by atoms with Gasteiger partial charge in [-0.2, -0.15) is 0 Å². The van der Waals surface area contributed by atoms with Crippen molar-refractivity contribution in [3.8, 4) is 0 Å². The van der Waals surface area contributed by atoms with Crippen LogP contribution < -0.4 is 0 Å². The molecule has 1 aromatic heterocycles. The molecule has 0 fully saturated rings. The molecule has 18 heavy (non-hydrogen) atoms. The molecule has 0 radical (unpaired) electrons. The number of furan rings is 1. The minimum Gasteiger partial charge on any atom is -0.466 e. The molecule has 2 aromatic rings. The third-order valence-corrected chi connectivity index (χ3v) is 3.27. The smallest absolute Gasteiger partial charge is 0.123 e. The summed E-state index contributed by atoms with van der Waals surface area (Å²) >= 11 is 0. The molecular formula is C15H17FO2. The average molecular weight is 248 g/mol. The summed E-state index contributed by atoms with van der Waals surface area (Å²) in [5.41, 5.74) is 3.00. The molecule has 0 spiro atoms. The van der Waals surface area contributed by atoms with Gasteiger partial charge in [-0.25, -0.2) is 4.39 Å². The summed E-state index contributed by atoms with van der Waals surface area (Å²) in [6.45, 7) is 7.37. The quantitative estimate of drug-likeness (QED) is 0.878. The van der Waals surface area contributed by atoms with Crippen LogP contribution in [0, 0.1) is 33.5 Å². The highest BCUT2D eigenvalue weighted by atomic mass is 19.1. The van der Waals surface area contributed by atoms with Gasteiger partial charge in [-0.15, -0.1) is 0 Å². The maximum atomic E-state index is 13.4. The standard InChI is InChI=1S/C15H17FO2/c1-8-5-12(7-13(16)6-8)15(17)14-9(2)10(3)18-11(14)4/h5-7,15,17H,1-4H3. The van der Waals surface area contributed by atoms with E-state index >= 15 is 0 Å². The van der Waals surface area contributed by atoms with E-state index in [0.717, 1.165) is 22.5 Å². The Morgan fingerprint density at radius 1 is 1.06 bits per heavy atom. The third kappa shape index (κ3) is 2.18. The van der Waals surface area contributed by atoms with Gasteiger partial charge in [0.1, 0.15) is 23.4 Å². The number of aliphatic hydroxyl groups is 1. The van der Waals surface area contributed by atoms with E-state index in [1.807, 2.05) is 20.8 Å². The fourth-order valence-electron chi connectivity index (χ4n) is 2.30. The minimum atomic E-state index is -0.850. The van der Waals surface area contributed by atoms with Crippen LogP contribution in [0.5, 0.6) is 0 Å². The molecule has 0 aliphatic carbocycles. The van der Waals surface area contributed by atoms with Crippen molar-refractivity contribution < 1.29 is 13.9 Å². The summed E-state index contributed by atoms with van der Waals surface area (Å²) in [6.07, 6.45) is -0.850. The zero-order valence-electron chi connectivity index (χ0n) is 11.0. The fourth-order valence-corrected chi connectivity index (χ4v) is 2.30. The second-order valence-electron chi connectivity index (χ2n) is 4.72. The molecule has 2 rings (SSSR count). The van der Waals surface area contributed by atoms with Crippen molar-refractivity contribution in [3.63, 3.8) is 0 Å². The van der Waals surface area contributed by atoms with Gasteiger partial charge in [-0.1, -0.05) is 6.07 Å². The van der Waals surface area contributed by atoms with Gasteiger partial charge in [0.2, 0.25) is 0 Å². The maximum absolute atomic E-state index is 13.4. The number of aliphatic hydroxyl groups excluding tert-OH is 1. The Balaban J connectivity index is 2.50. The molecule has 0 aliphatic rings. The van der Waals surface area contributed by atoms with E-state index in [-0.39, 0.29) is 5.82 Å². The Labute approximate surface area is 106 Å². The van der Waals surface area contributed by atoms with Gasteiger partial charge in [0, 0.05) is 5.56 Å². The third-order valence-electron chi connectivity index (χ3n) is 3.27. The predicted octanol–water partition coefficient (Wildman–Crippen LogP) is 3.73. The Kier molecular flexibility index (Phi) is 3.26. The van der Waals surface area contributed by atoms with Crippen molar-refractivity contribution >= 4 is 0 Å². The van der Waals surface area contributed by atoms with Crippen molar-refractivity contribution in [3.05, 3.63) is 57.8 Å². The molecule has 0 amide bonds. The zero-order chi connectivity index (χ0) is 13.4. The number of benzene rings is 1. The highest BCUT2D eigenvalue weighted by Gasteiger charge is 2.21. The molecule has 0 saturated heterocycles. The van der Waals surface area contributed by atoms with Crippen LogP contribution in [-0.4, -0.2) is 5.11 Å². The van der Waals surface area contributed by atoms with Crippen molar-refractivity contribution in [2.45, 2.75) is 33.8 Å². The number of rotatable bonds is 2. The average Bonchev–Trinajstić information content (AvgIpc) is 2.51. The number of hydrogen-bond acceptors (Lipinski definition) is 2. The molecule has 1 atom stereocenters. The molecule has 96 valence electrons. The van der Waals surface area contributed by atoms with Gasteiger partial charge >= 0.3 is 0 Å². The summed E-state index contributed by atoms with van der Waals surface area (Å²) in [7, 11) is 0. The van der Waals surface area contributed by atoms with E-state index in [2.05, 4.69) is 0 Å². The lowest BCUT2D eigenvalue weighted by Crippen LogP contribution is -2.03. The molecule has 0 aliphatic heterocycles. The molecule has 1 heterocycles. The summed E-state index contributed by atoms with van der Waals surface area (Å²) in [6, 6.07) is 4.59. The molecule has 3 heteroatoms. The molecule has 1 unspecified atom stereocenters. The zero-order valence-corrected chi connectivity index (χ0v) is 11.0. The Morgan fingerprint density at radius 2 is 1.72 bits per heavy atom. The number of hydrogen-bond donors (Lipinski definition) is 1. The van der Waals surface area contributed by atoms with Crippen LogP contribution >= 0.6 is 0 Å². The van der Waals surface area contributed by atoms with Crippen LogP contribution in [-0.2, 0) is 0 Å². The van der Waals surface area contributed by atoms with E-state index in [1.165, 1.54) is 12.1 Å². The highest BCUT2D eigenvalue weighted by Crippen LogP contribution is 2.31. The summed E-state index contributed by atoms with van der Waals surface area (Å²) in [5.74, 6) is 1.13. The van der Waals surface area contributed by atoms with E-state index in [1.54, 1.807) is 13.0 Å². The van der Waals surface area contributed by atoms with Crippen molar-refractivity contribution in [1.82, 2.24) is 0 Å². The van der Waals surface area contributed by atoms with Crippen molar-refractivity contribution in [1.29, 1.82) is 0 Å². The van der Waals surface area contributed by atoms with E-state index < -0.39 is 6.10 Å². The van der Waals surface area contributed by atoms with Gasteiger partial charge in [0.25, 0.3) is 0 Å². The van der Waals surface area contributed by atoms with Gasteiger partial charge < -0.3 is 9.52 Å². The topological polar surface area (TPSA) is 33.4 Å². The largest absolute Gasteiger partial charge is 0.466 e. The number of aryl methyl sites for hydroxylation is 3. The van der Waals surface area contributed by atoms with Crippen LogP contribution in [0.25, 0.3) is 0 Å². The lowest BCUT2D eigenvalue weighted by Gasteiger charge is -2.12. The molecule has 1 N–H and O–H groups in total. The SMILES string of the molecule is Cc1cc(F)cc(C(O)c2c(C)oc(C)c2C)c1. The van der Waals surface area contributed by atoms with Gasteiger partial charge in [-0.3, -0.25) is 0 Å². The first-order chi connectivity index (χ1) is 8.40. The molecule has 0 saturated carbocycles. The molecular weight excluding hydrogens is 231 g/mol. The lowest BCUT2D eigenvalue weighted by molar-refractivity contribution is 0.216. The first kappa shape index (κ1) is 12.8. The van der Waals surface area contributed by atoms with Crippen LogP contribution in [0.1, 0.15) is 39.9 Å². The summed E-state index contributed by atoms with van der Waals surface area (Å²) in [4.78, 5) is 0. The summed E-state index contributed by atoms with van der Waals surface area (Å²) in [5, 5.41) is 10.4. The second-order valence-corrected chi connectivity index (χ2v) is 4.72. The normalized spacial score (nSPS) is 12.8. The van der Waals surface area contributed by atoms with E-state index in [9.17, 15) is 9.50 Å². The van der Waals surface area contributed by atoms with Gasteiger partial charge in [-0.05, 0) is 56.5 Å². The van der Waals surface area contributed by atoms with E-state index in [0.29, 0.717) is 11.3 Å². The molecule has 0 bridgehead atoms. The second kappa shape index (κ2) is 4.58. The lowest BCUT2D eigenvalue weighted by atomic mass is 9.97. The van der Waals surface area contributed by atoms with Gasteiger partial charge in [0.15, 0.2) is 0 Å². The van der Waals surface area contributed by atoms with Crippen LogP contribution in [0.4, 0.5) is 4.39 Å². The maximum Gasteiger partial charge on any atom is 0.123 e. The first-order valence-corrected chi connectivity index (χ1v) is 5.91. The van der Waals surface area contributed by atoms with Crippen molar-refractivity contribution in [2.24, 2.45) is 0 Å². The Morgan fingerprint density at radius 3 is 2.22 bits per heavy atom. The molecule has 1 aromatic carbocycles. The number of halogens is 1. The monoisotopic (exact) mass is 248 g/mol. The Hall–Kier alpha value is -1.61. The summed E-state index contributed by atoms with van der Waals surface area (Å²) < 4.78 is 18.9. The minimum absolute atomic E-state index is 0.334. The predicted molar refractivity (Wildman–Crippen MR) is 68.1 cm³/mol. The first-order valence-electron chi connectivity index (χ1n) is 5.91. The Bertz CT molecular complexity index is 564. The van der Waals surface area contributed by atoms with E-state index in [4.69, 9.17) is 4.42 Å². The fraction of sp³-hybridized carbons (Fsp3) is 0.333.